The van der Waals surface area contributed by atoms with Gasteiger partial charge in [-0.3, -0.25) is 0 Å². The number of nitrogens with two attached hydrogens (primary N) is 1. The fourth-order valence-corrected chi connectivity index (χ4v) is 1.27. The minimum absolute atomic E-state index is 0.404. The minimum Gasteiger partial charge on any atom is -0.391 e. The molecule has 66 valence electrons. The highest BCUT2D eigenvalue weighted by Gasteiger charge is 2.13. The van der Waals surface area contributed by atoms with Gasteiger partial charge < -0.3 is 10.8 Å². The standard InChI is InChI=1S/C9H12ClNO/c1-6(12)9(11)7-4-2-3-5-8(7)10/h2-6,9,12H,11H2,1H3. The van der Waals surface area contributed by atoms with Crippen molar-refractivity contribution in [2.75, 3.05) is 0 Å². The van der Waals surface area contributed by atoms with Gasteiger partial charge in [-0.1, -0.05) is 29.8 Å². The van der Waals surface area contributed by atoms with E-state index in [0.717, 1.165) is 5.56 Å². The molecule has 2 nitrogen and oxygen atoms in total. The molecule has 1 aromatic rings. The first-order valence-electron chi connectivity index (χ1n) is 3.81. The van der Waals surface area contributed by atoms with Crippen molar-refractivity contribution in [2.24, 2.45) is 5.73 Å². The lowest BCUT2D eigenvalue weighted by Crippen LogP contribution is -2.23. The number of halogens is 1. The van der Waals surface area contributed by atoms with Gasteiger partial charge in [0.25, 0.3) is 0 Å². The Morgan fingerprint density at radius 2 is 2.00 bits per heavy atom. The molecule has 0 aliphatic heterocycles. The number of aliphatic hydroxyl groups is 1. The first kappa shape index (κ1) is 9.52. The van der Waals surface area contributed by atoms with Crippen LogP contribution in [0.2, 0.25) is 5.02 Å². The van der Waals surface area contributed by atoms with E-state index in [1.165, 1.54) is 0 Å². The molecule has 2 unspecified atom stereocenters. The average molecular weight is 186 g/mol. The molecule has 0 aliphatic carbocycles. The summed E-state index contributed by atoms with van der Waals surface area (Å²) in [5.74, 6) is 0. The monoisotopic (exact) mass is 185 g/mol. The molecule has 2 atom stereocenters. The van der Waals surface area contributed by atoms with Gasteiger partial charge in [0, 0.05) is 5.02 Å². The smallest absolute Gasteiger partial charge is 0.0705 e. The van der Waals surface area contributed by atoms with Crippen LogP contribution >= 0.6 is 11.6 Å². The highest BCUT2D eigenvalue weighted by atomic mass is 35.5. The second kappa shape index (κ2) is 3.90. The number of benzene rings is 1. The van der Waals surface area contributed by atoms with Crippen LogP contribution in [0.25, 0.3) is 0 Å². The third-order valence-electron chi connectivity index (χ3n) is 1.78. The molecule has 0 saturated heterocycles. The van der Waals surface area contributed by atoms with E-state index in [2.05, 4.69) is 0 Å². The SMILES string of the molecule is CC(O)C(N)c1ccccc1Cl. The summed E-state index contributed by atoms with van der Waals surface area (Å²) < 4.78 is 0. The Hall–Kier alpha value is -0.570. The lowest BCUT2D eigenvalue weighted by molar-refractivity contribution is 0.164. The summed E-state index contributed by atoms with van der Waals surface area (Å²) in [4.78, 5) is 0. The van der Waals surface area contributed by atoms with E-state index in [1.54, 1.807) is 13.0 Å². The van der Waals surface area contributed by atoms with Crippen LogP contribution in [0, 0.1) is 0 Å². The van der Waals surface area contributed by atoms with Crippen LogP contribution in [-0.4, -0.2) is 11.2 Å². The van der Waals surface area contributed by atoms with Crippen molar-refractivity contribution in [3.8, 4) is 0 Å². The van der Waals surface area contributed by atoms with E-state index in [4.69, 9.17) is 17.3 Å². The van der Waals surface area contributed by atoms with E-state index in [9.17, 15) is 5.11 Å². The molecular formula is C9H12ClNO. The molecule has 12 heavy (non-hydrogen) atoms. The molecule has 0 bridgehead atoms. The van der Waals surface area contributed by atoms with Crippen molar-refractivity contribution in [1.82, 2.24) is 0 Å². The molecule has 3 N–H and O–H groups in total. The molecule has 0 amide bonds. The van der Waals surface area contributed by atoms with E-state index in [0.29, 0.717) is 5.02 Å². The summed E-state index contributed by atoms with van der Waals surface area (Å²) in [7, 11) is 0. The van der Waals surface area contributed by atoms with Crippen molar-refractivity contribution >= 4 is 11.6 Å². The second-order valence-electron chi connectivity index (χ2n) is 2.79. The van der Waals surface area contributed by atoms with Gasteiger partial charge in [0.15, 0.2) is 0 Å². The van der Waals surface area contributed by atoms with Crippen molar-refractivity contribution in [1.29, 1.82) is 0 Å². The second-order valence-corrected chi connectivity index (χ2v) is 3.20. The summed E-state index contributed by atoms with van der Waals surface area (Å²) in [6.07, 6.45) is -0.579. The highest BCUT2D eigenvalue weighted by Crippen LogP contribution is 2.22. The van der Waals surface area contributed by atoms with Crippen LogP contribution in [0.15, 0.2) is 24.3 Å². The third kappa shape index (κ3) is 1.97. The predicted molar refractivity (Wildman–Crippen MR) is 50.1 cm³/mol. The van der Waals surface area contributed by atoms with Gasteiger partial charge in [0.2, 0.25) is 0 Å². The summed E-state index contributed by atoms with van der Waals surface area (Å²) >= 11 is 5.87. The van der Waals surface area contributed by atoms with Crippen LogP contribution in [0.3, 0.4) is 0 Å². The molecule has 0 spiro atoms. The van der Waals surface area contributed by atoms with E-state index >= 15 is 0 Å². The maximum Gasteiger partial charge on any atom is 0.0705 e. The van der Waals surface area contributed by atoms with E-state index in [-0.39, 0.29) is 0 Å². The van der Waals surface area contributed by atoms with Crippen molar-refractivity contribution in [3.63, 3.8) is 0 Å². The van der Waals surface area contributed by atoms with Crippen molar-refractivity contribution in [3.05, 3.63) is 34.9 Å². The highest BCUT2D eigenvalue weighted by molar-refractivity contribution is 6.31. The first-order valence-corrected chi connectivity index (χ1v) is 4.19. The van der Waals surface area contributed by atoms with Crippen molar-refractivity contribution in [2.45, 2.75) is 19.1 Å². The molecule has 1 aromatic carbocycles. The summed E-state index contributed by atoms with van der Waals surface area (Å²) in [6, 6.07) is 6.86. The minimum atomic E-state index is -0.579. The molecule has 0 aromatic heterocycles. The number of hydrogen-bond donors (Lipinski definition) is 2. The number of aliphatic hydroxyl groups excluding tert-OH is 1. The van der Waals surface area contributed by atoms with E-state index < -0.39 is 12.1 Å². The quantitative estimate of drug-likeness (QED) is 0.737. The fourth-order valence-electron chi connectivity index (χ4n) is 1.01. The Labute approximate surface area is 77.0 Å². The normalized spacial score (nSPS) is 15.7. The lowest BCUT2D eigenvalue weighted by atomic mass is 10.0. The Kier molecular flexibility index (Phi) is 3.09. The molecule has 3 heteroatoms. The zero-order valence-electron chi connectivity index (χ0n) is 6.87. The average Bonchev–Trinajstić information content (AvgIpc) is 2.04. The van der Waals surface area contributed by atoms with Gasteiger partial charge in [-0.05, 0) is 18.6 Å². The van der Waals surface area contributed by atoms with Gasteiger partial charge in [-0.2, -0.15) is 0 Å². The first-order chi connectivity index (χ1) is 5.63. The Morgan fingerprint density at radius 1 is 1.42 bits per heavy atom. The van der Waals surface area contributed by atoms with Gasteiger partial charge >= 0.3 is 0 Å². The number of hydrogen-bond acceptors (Lipinski definition) is 2. The third-order valence-corrected chi connectivity index (χ3v) is 2.13. The molecule has 0 heterocycles. The summed E-state index contributed by atoms with van der Waals surface area (Å²) in [5.41, 5.74) is 6.49. The van der Waals surface area contributed by atoms with Crippen LogP contribution in [0.1, 0.15) is 18.5 Å². The Bertz CT molecular complexity index is 262. The maximum atomic E-state index is 9.22. The van der Waals surface area contributed by atoms with Crippen LogP contribution in [0.5, 0.6) is 0 Å². The fraction of sp³-hybridized carbons (Fsp3) is 0.333. The molecule has 0 aliphatic rings. The Balaban J connectivity index is 2.94. The lowest BCUT2D eigenvalue weighted by Gasteiger charge is -2.15. The summed E-state index contributed by atoms with van der Waals surface area (Å²) in [6.45, 7) is 1.65. The zero-order valence-corrected chi connectivity index (χ0v) is 7.62. The molecule has 0 radical (unpaired) electrons. The molecule has 1 rings (SSSR count). The van der Waals surface area contributed by atoms with Gasteiger partial charge in [0.1, 0.15) is 0 Å². The van der Waals surface area contributed by atoms with Crippen molar-refractivity contribution < 1.29 is 5.11 Å². The Morgan fingerprint density at radius 3 is 2.50 bits per heavy atom. The van der Waals surface area contributed by atoms with Crippen LogP contribution in [-0.2, 0) is 0 Å². The van der Waals surface area contributed by atoms with Gasteiger partial charge in [-0.15, -0.1) is 0 Å². The topological polar surface area (TPSA) is 46.2 Å². The van der Waals surface area contributed by atoms with Gasteiger partial charge in [-0.25, -0.2) is 0 Å². The zero-order chi connectivity index (χ0) is 9.14. The summed E-state index contributed by atoms with van der Waals surface area (Å²) in [5, 5.41) is 9.82. The molecule has 0 fully saturated rings. The number of rotatable bonds is 2. The predicted octanol–water partition coefficient (Wildman–Crippen LogP) is 1.72. The largest absolute Gasteiger partial charge is 0.391 e. The molecular weight excluding hydrogens is 174 g/mol. The van der Waals surface area contributed by atoms with E-state index in [1.807, 2.05) is 18.2 Å². The van der Waals surface area contributed by atoms with Crippen LogP contribution in [0.4, 0.5) is 0 Å². The van der Waals surface area contributed by atoms with Gasteiger partial charge in [0.05, 0.1) is 12.1 Å². The maximum absolute atomic E-state index is 9.22. The molecule has 0 saturated carbocycles. The van der Waals surface area contributed by atoms with Crippen LogP contribution < -0.4 is 5.73 Å².